The summed E-state index contributed by atoms with van der Waals surface area (Å²) < 4.78 is 6.81. The van der Waals surface area contributed by atoms with Crippen molar-refractivity contribution in [2.75, 3.05) is 6.61 Å². The van der Waals surface area contributed by atoms with E-state index in [1.807, 2.05) is 18.2 Å². The van der Waals surface area contributed by atoms with E-state index in [1.165, 1.54) is 0 Å². The molecule has 0 aliphatic heterocycles. The third-order valence-corrected chi connectivity index (χ3v) is 3.68. The Morgan fingerprint density at radius 3 is 2.82 bits per heavy atom. The van der Waals surface area contributed by atoms with Crippen molar-refractivity contribution in [1.29, 1.82) is 5.26 Å². The molecule has 4 heteroatoms. The maximum atomic E-state index is 8.74. The maximum absolute atomic E-state index is 8.74. The molecule has 1 aromatic carbocycles. The van der Waals surface area contributed by atoms with Crippen LogP contribution in [0, 0.1) is 16.7 Å². The van der Waals surface area contributed by atoms with E-state index in [4.69, 9.17) is 15.7 Å². The van der Waals surface area contributed by atoms with Crippen LogP contribution in [0.25, 0.3) is 0 Å². The monoisotopic (exact) mass is 294 g/mol. The molecule has 1 aromatic rings. The molecule has 0 atom stereocenters. The molecule has 0 unspecified atom stereocenters. The average molecular weight is 295 g/mol. The highest BCUT2D eigenvalue weighted by Gasteiger charge is 2.43. The lowest BCUT2D eigenvalue weighted by molar-refractivity contribution is 0.235. The molecule has 2 N–H and O–H groups in total. The second-order valence-corrected chi connectivity index (χ2v) is 5.50. The van der Waals surface area contributed by atoms with Gasteiger partial charge in [-0.1, -0.05) is 15.9 Å². The largest absolute Gasteiger partial charge is 0.493 e. The molecule has 0 spiro atoms. The predicted molar refractivity (Wildman–Crippen MR) is 69.4 cm³/mol. The van der Waals surface area contributed by atoms with Crippen LogP contribution < -0.4 is 10.5 Å². The molecule has 0 bridgehead atoms. The smallest absolute Gasteiger partial charge is 0.123 e. The number of benzene rings is 1. The SMILES string of the molecule is N#CCC1(COc2ccc(Br)cc2CN)CC1. The number of nitrogens with zero attached hydrogens (tertiary/aromatic N) is 1. The Morgan fingerprint density at radius 2 is 2.24 bits per heavy atom. The predicted octanol–water partition coefficient (Wildman–Crippen LogP) is 2.98. The fourth-order valence-corrected chi connectivity index (χ4v) is 2.20. The maximum Gasteiger partial charge on any atom is 0.123 e. The number of halogens is 1. The molecule has 90 valence electrons. The van der Waals surface area contributed by atoms with Crippen molar-refractivity contribution >= 4 is 15.9 Å². The topological polar surface area (TPSA) is 59.0 Å². The van der Waals surface area contributed by atoms with Crippen LogP contribution in [-0.2, 0) is 6.54 Å². The first-order valence-electron chi connectivity index (χ1n) is 5.67. The molecule has 3 nitrogen and oxygen atoms in total. The molecule has 0 aromatic heterocycles. The summed E-state index contributed by atoms with van der Waals surface area (Å²) in [6.45, 7) is 1.08. The molecule has 1 fully saturated rings. The summed E-state index contributed by atoms with van der Waals surface area (Å²) in [6, 6.07) is 8.07. The standard InChI is InChI=1S/C13H15BrN2O/c14-11-1-2-12(10(7-11)8-16)17-9-13(3-4-13)5-6-15/h1-2,7H,3-5,8-9,16H2. The summed E-state index contributed by atoms with van der Waals surface area (Å²) in [5.41, 5.74) is 6.78. The molecular formula is C13H15BrN2O. The zero-order valence-corrected chi connectivity index (χ0v) is 11.2. The lowest BCUT2D eigenvalue weighted by Crippen LogP contribution is -2.13. The van der Waals surface area contributed by atoms with Crippen LogP contribution in [-0.4, -0.2) is 6.61 Å². The van der Waals surface area contributed by atoms with Gasteiger partial charge in [-0.2, -0.15) is 5.26 Å². The van der Waals surface area contributed by atoms with Crippen molar-refractivity contribution in [3.05, 3.63) is 28.2 Å². The summed E-state index contributed by atoms with van der Waals surface area (Å²) in [4.78, 5) is 0. The minimum absolute atomic E-state index is 0.105. The zero-order chi connectivity index (χ0) is 12.3. The lowest BCUT2D eigenvalue weighted by Gasteiger charge is -2.15. The fraction of sp³-hybridized carbons (Fsp3) is 0.462. The summed E-state index contributed by atoms with van der Waals surface area (Å²) >= 11 is 3.41. The average Bonchev–Trinajstić information content (AvgIpc) is 3.08. The Labute approximate surface area is 110 Å². The Hall–Kier alpha value is -1.05. The molecule has 1 saturated carbocycles. The summed E-state index contributed by atoms with van der Waals surface area (Å²) in [6.07, 6.45) is 2.77. The Balaban J connectivity index is 2.02. The third-order valence-electron chi connectivity index (χ3n) is 3.19. The Bertz CT molecular complexity index is 449. The molecular weight excluding hydrogens is 280 g/mol. The molecule has 0 radical (unpaired) electrons. The van der Waals surface area contributed by atoms with E-state index in [9.17, 15) is 0 Å². The highest BCUT2D eigenvalue weighted by atomic mass is 79.9. The minimum Gasteiger partial charge on any atom is -0.493 e. The van der Waals surface area contributed by atoms with Gasteiger partial charge in [0.05, 0.1) is 12.7 Å². The lowest BCUT2D eigenvalue weighted by atomic mass is 10.1. The second-order valence-electron chi connectivity index (χ2n) is 4.58. The highest BCUT2D eigenvalue weighted by Crippen LogP contribution is 2.48. The second kappa shape index (κ2) is 5.07. The van der Waals surface area contributed by atoms with E-state index in [0.717, 1.165) is 28.6 Å². The van der Waals surface area contributed by atoms with E-state index >= 15 is 0 Å². The van der Waals surface area contributed by atoms with Crippen LogP contribution in [0.1, 0.15) is 24.8 Å². The van der Waals surface area contributed by atoms with Crippen molar-refractivity contribution in [3.8, 4) is 11.8 Å². The number of nitrogens with two attached hydrogens (primary N) is 1. The van der Waals surface area contributed by atoms with Crippen molar-refractivity contribution in [1.82, 2.24) is 0 Å². The zero-order valence-electron chi connectivity index (χ0n) is 9.58. The number of hydrogen-bond donors (Lipinski definition) is 1. The van der Waals surface area contributed by atoms with Crippen molar-refractivity contribution in [3.63, 3.8) is 0 Å². The number of ether oxygens (including phenoxy) is 1. The Kier molecular flexibility index (Phi) is 3.70. The van der Waals surface area contributed by atoms with Gasteiger partial charge in [0.15, 0.2) is 0 Å². The van der Waals surface area contributed by atoms with E-state index in [1.54, 1.807) is 0 Å². The highest BCUT2D eigenvalue weighted by molar-refractivity contribution is 9.10. The normalized spacial score (nSPS) is 16.3. The fourth-order valence-electron chi connectivity index (χ4n) is 1.80. The first-order chi connectivity index (χ1) is 8.19. The van der Waals surface area contributed by atoms with Crippen LogP contribution in [0.5, 0.6) is 5.75 Å². The number of hydrogen-bond acceptors (Lipinski definition) is 3. The van der Waals surface area contributed by atoms with Crippen molar-refractivity contribution < 1.29 is 4.74 Å². The molecule has 2 rings (SSSR count). The van der Waals surface area contributed by atoms with Crippen LogP contribution in [0.2, 0.25) is 0 Å². The van der Waals surface area contributed by atoms with Crippen molar-refractivity contribution in [2.45, 2.75) is 25.8 Å². The number of nitriles is 1. The third kappa shape index (κ3) is 2.99. The first kappa shape index (κ1) is 12.4. The Morgan fingerprint density at radius 1 is 1.47 bits per heavy atom. The van der Waals surface area contributed by atoms with Gasteiger partial charge in [-0.05, 0) is 31.0 Å². The molecule has 0 amide bonds. The first-order valence-corrected chi connectivity index (χ1v) is 6.47. The van der Waals surface area contributed by atoms with Gasteiger partial charge in [0.1, 0.15) is 5.75 Å². The van der Waals surface area contributed by atoms with E-state index < -0.39 is 0 Å². The molecule has 1 aliphatic carbocycles. The van der Waals surface area contributed by atoms with Crippen LogP contribution >= 0.6 is 15.9 Å². The van der Waals surface area contributed by atoms with Gasteiger partial charge in [0.25, 0.3) is 0 Å². The van der Waals surface area contributed by atoms with Gasteiger partial charge >= 0.3 is 0 Å². The van der Waals surface area contributed by atoms with Gasteiger partial charge in [0, 0.05) is 28.4 Å². The van der Waals surface area contributed by atoms with Gasteiger partial charge in [-0.25, -0.2) is 0 Å². The van der Waals surface area contributed by atoms with E-state index in [2.05, 4.69) is 22.0 Å². The van der Waals surface area contributed by atoms with Crippen molar-refractivity contribution in [2.24, 2.45) is 11.1 Å². The summed E-state index contributed by atoms with van der Waals surface area (Å²) in [5, 5.41) is 8.74. The van der Waals surface area contributed by atoms with Crippen LogP contribution in [0.15, 0.2) is 22.7 Å². The molecule has 0 heterocycles. The van der Waals surface area contributed by atoms with E-state index in [-0.39, 0.29) is 5.41 Å². The molecule has 1 aliphatic rings. The molecule has 17 heavy (non-hydrogen) atoms. The quantitative estimate of drug-likeness (QED) is 0.908. The number of rotatable bonds is 5. The molecule has 0 saturated heterocycles. The van der Waals surface area contributed by atoms with E-state index in [0.29, 0.717) is 19.6 Å². The van der Waals surface area contributed by atoms with Crippen LogP contribution in [0.3, 0.4) is 0 Å². The van der Waals surface area contributed by atoms with Gasteiger partial charge in [-0.15, -0.1) is 0 Å². The van der Waals surface area contributed by atoms with Gasteiger partial charge < -0.3 is 10.5 Å². The van der Waals surface area contributed by atoms with Crippen LogP contribution in [0.4, 0.5) is 0 Å². The summed E-state index contributed by atoms with van der Waals surface area (Å²) in [5.74, 6) is 0.833. The minimum atomic E-state index is 0.105. The van der Waals surface area contributed by atoms with Gasteiger partial charge in [-0.3, -0.25) is 0 Å². The van der Waals surface area contributed by atoms with Gasteiger partial charge in [0.2, 0.25) is 0 Å². The summed E-state index contributed by atoms with van der Waals surface area (Å²) in [7, 11) is 0.